The fourth-order valence-corrected chi connectivity index (χ4v) is 3.44. The van der Waals surface area contributed by atoms with Crippen LogP contribution in [0.5, 0.6) is 0 Å². The Hall–Kier alpha value is -3.06. The molecule has 0 unspecified atom stereocenters. The van der Waals surface area contributed by atoms with Gasteiger partial charge in [0.1, 0.15) is 5.82 Å². The third-order valence-corrected chi connectivity index (χ3v) is 4.78. The minimum atomic E-state index is -1.10. The molecule has 1 saturated carbocycles. The Morgan fingerprint density at radius 3 is 2.85 bits per heavy atom. The predicted molar refractivity (Wildman–Crippen MR) is 101 cm³/mol. The molecule has 0 spiro atoms. The molecular formula is C20H20N4O3. The summed E-state index contributed by atoms with van der Waals surface area (Å²) in [6.45, 7) is 2.43. The van der Waals surface area contributed by atoms with Gasteiger partial charge in [-0.25, -0.2) is 14.8 Å². The monoisotopic (exact) mass is 364 g/mol. The summed E-state index contributed by atoms with van der Waals surface area (Å²) in [5, 5.41) is 12.3. The number of ether oxygens (including phenoxy) is 1. The molecular weight excluding hydrogens is 344 g/mol. The lowest BCUT2D eigenvalue weighted by Crippen LogP contribution is -2.07. The van der Waals surface area contributed by atoms with Crippen molar-refractivity contribution in [1.29, 1.82) is 0 Å². The third-order valence-electron chi connectivity index (χ3n) is 4.78. The molecule has 2 atom stereocenters. The highest BCUT2D eigenvalue weighted by molar-refractivity contribution is 5.90. The minimum Gasteiger partial charge on any atom is -0.465 e. The van der Waals surface area contributed by atoms with Gasteiger partial charge in [-0.3, -0.25) is 10.3 Å². The maximum absolute atomic E-state index is 10.9. The third kappa shape index (κ3) is 3.59. The summed E-state index contributed by atoms with van der Waals surface area (Å²) >= 11 is 0. The molecule has 1 amide bonds. The van der Waals surface area contributed by atoms with Crippen molar-refractivity contribution in [2.24, 2.45) is 0 Å². The number of methoxy groups -OCH3 is 1. The second kappa shape index (κ2) is 6.92. The van der Waals surface area contributed by atoms with Gasteiger partial charge >= 0.3 is 6.09 Å². The number of aryl methyl sites for hydroxylation is 1. The zero-order valence-corrected chi connectivity index (χ0v) is 15.1. The average molecular weight is 364 g/mol. The SMILES string of the molecule is COCc1cc([C@H]2C[C@@H]2c2nccc(C)n2)nc2cc(NC(=O)O)ccc12. The summed E-state index contributed by atoms with van der Waals surface area (Å²) < 4.78 is 5.35. The highest BCUT2D eigenvalue weighted by Crippen LogP contribution is 2.53. The quantitative estimate of drug-likeness (QED) is 0.714. The van der Waals surface area contributed by atoms with Crippen molar-refractivity contribution >= 4 is 22.7 Å². The number of hydrogen-bond acceptors (Lipinski definition) is 5. The highest BCUT2D eigenvalue weighted by Gasteiger charge is 2.43. The van der Waals surface area contributed by atoms with E-state index >= 15 is 0 Å². The van der Waals surface area contributed by atoms with E-state index in [1.165, 1.54) is 0 Å². The standard InChI is InChI=1S/C20H20N4O3/c1-11-5-6-21-19(22-11)16-9-15(16)17-7-12(10-27-2)14-4-3-13(23-20(25)26)8-18(14)24-17/h3-8,15-16,23H,9-10H2,1-2H3,(H,25,26)/t15-,16-/m0/s1. The highest BCUT2D eigenvalue weighted by atomic mass is 16.5. The largest absolute Gasteiger partial charge is 0.465 e. The van der Waals surface area contributed by atoms with Crippen LogP contribution >= 0.6 is 0 Å². The number of fused-ring (bicyclic) bond motifs is 1. The second-order valence-corrected chi connectivity index (χ2v) is 6.81. The van der Waals surface area contributed by atoms with E-state index in [9.17, 15) is 4.79 Å². The van der Waals surface area contributed by atoms with Crippen molar-refractivity contribution < 1.29 is 14.6 Å². The molecule has 1 aliphatic carbocycles. The number of hydrogen-bond donors (Lipinski definition) is 2. The summed E-state index contributed by atoms with van der Waals surface area (Å²) in [5.41, 5.74) is 4.22. The van der Waals surface area contributed by atoms with Crippen LogP contribution in [-0.4, -0.2) is 33.3 Å². The predicted octanol–water partition coefficient (Wildman–Crippen LogP) is 3.84. The van der Waals surface area contributed by atoms with Crippen molar-refractivity contribution in [3.8, 4) is 0 Å². The molecule has 27 heavy (non-hydrogen) atoms. The van der Waals surface area contributed by atoms with Crippen molar-refractivity contribution in [3.63, 3.8) is 0 Å². The molecule has 0 radical (unpaired) electrons. The van der Waals surface area contributed by atoms with Crippen molar-refractivity contribution in [1.82, 2.24) is 15.0 Å². The number of carbonyl (C=O) groups is 1. The summed E-state index contributed by atoms with van der Waals surface area (Å²) in [7, 11) is 1.66. The van der Waals surface area contributed by atoms with Crippen LogP contribution in [0.25, 0.3) is 10.9 Å². The molecule has 138 valence electrons. The van der Waals surface area contributed by atoms with E-state index in [-0.39, 0.29) is 11.8 Å². The Labute approximate surface area is 156 Å². The molecule has 7 heteroatoms. The van der Waals surface area contributed by atoms with Crippen LogP contribution in [0.4, 0.5) is 10.5 Å². The van der Waals surface area contributed by atoms with Gasteiger partial charge in [-0.05, 0) is 43.2 Å². The van der Waals surface area contributed by atoms with E-state index in [4.69, 9.17) is 14.8 Å². The number of anilines is 1. The van der Waals surface area contributed by atoms with E-state index < -0.39 is 6.09 Å². The van der Waals surface area contributed by atoms with Crippen molar-refractivity contribution in [2.45, 2.75) is 31.8 Å². The number of carboxylic acid groups (broad SMARTS) is 1. The minimum absolute atomic E-state index is 0.267. The van der Waals surface area contributed by atoms with Gasteiger partial charge in [-0.15, -0.1) is 0 Å². The Balaban J connectivity index is 1.71. The smallest absolute Gasteiger partial charge is 0.409 e. The van der Waals surface area contributed by atoms with Crippen LogP contribution in [0, 0.1) is 6.92 Å². The summed E-state index contributed by atoms with van der Waals surface area (Å²) in [6, 6.07) is 9.34. The first-order valence-corrected chi connectivity index (χ1v) is 8.77. The Morgan fingerprint density at radius 1 is 1.26 bits per heavy atom. The van der Waals surface area contributed by atoms with Crippen LogP contribution in [0.1, 0.15) is 41.0 Å². The number of rotatable bonds is 5. The van der Waals surface area contributed by atoms with Gasteiger partial charge in [0.25, 0.3) is 0 Å². The van der Waals surface area contributed by atoms with E-state index in [2.05, 4.69) is 21.4 Å². The van der Waals surface area contributed by atoms with Gasteiger partial charge in [0.15, 0.2) is 0 Å². The van der Waals surface area contributed by atoms with Crippen LogP contribution in [0.15, 0.2) is 36.5 Å². The number of benzene rings is 1. The van der Waals surface area contributed by atoms with E-state index in [0.717, 1.165) is 40.1 Å². The van der Waals surface area contributed by atoms with E-state index in [1.807, 2.05) is 19.1 Å². The number of amides is 1. The zero-order valence-electron chi connectivity index (χ0n) is 15.1. The van der Waals surface area contributed by atoms with Gasteiger partial charge in [-0.1, -0.05) is 6.07 Å². The molecule has 7 nitrogen and oxygen atoms in total. The number of pyridine rings is 1. The van der Waals surface area contributed by atoms with E-state index in [0.29, 0.717) is 12.3 Å². The topological polar surface area (TPSA) is 97.2 Å². The number of nitrogens with zero attached hydrogens (tertiary/aromatic N) is 3. The Kier molecular flexibility index (Phi) is 4.45. The van der Waals surface area contributed by atoms with Crippen LogP contribution in [0.2, 0.25) is 0 Å². The summed E-state index contributed by atoms with van der Waals surface area (Å²) in [5.74, 6) is 1.39. The first-order valence-electron chi connectivity index (χ1n) is 8.77. The number of aromatic nitrogens is 3. The molecule has 4 rings (SSSR count). The molecule has 2 aromatic heterocycles. The molecule has 1 aliphatic rings. The average Bonchev–Trinajstić information content (AvgIpc) is 3.42. The van der Waals surface area contributed by atoms with E-state index in [1.54, 1.807) is 25.4 Å². The zero-order chi connectivity index (χ0) is 19.0. The van der Waals surface area contributed by atoms with Crippen LogP contribution < -0.4 is 5.32 Å². The van der Waals surface area contributed by atoms with Gasteiger partial charge in [0, 0.05) is 47.6 Å². The molecule has 0 saturated heterocycles. The first-order chi connectivity index (χ1) is 13.0. The maximum Gasteiger partial charge on any atom is 0.409 e. The summed E-state index contributed by atoms with van der Waals surface area (Å²) in [4.78, 5) is 24.7. The molecule has 3 aromatic rings. The van der Waals surface area contributed by atoms with Gasteiger partial charge in [0.2, 0.25) is 0 Å². The lowest BCUT2D eigenvalue weighted by atomic mass is 10.1. The Morgan fingerprint density at radius 2 is 2.11 bits per heavy atom. The van der Waals surface area contributed by atoms with Gasteiger partial charge in [-0.2, -0.15) is 0 Å². The fraction of sp³-hybridized carbons (Fsp3) is 0.300. The van der Waals surface area contributed by atoms with Crippen LogP contribution in [-0.2, 0) is 11.3 Å². The summed E-state index contributed by atoms with van der Waals surface area (Å²) in [6.07, 6.45) is 1.66. The lowest BCUT2D eigenvalue weighted by molar-refractivity contribution is 0.186. The molecule has 0 bridgehead atoms. The molecule has 2 N–H and O–H groups in total. The van der Waals surface area contributed by atoms with Gasteiger partial charge in [0.05, 0.1) is 12.1 Å². The van der Waals surface area contributed by atoms with Crippen LogP contribution in [0.3, 0.4) is 0 Å². The fourth-order valence-electron chi connectivity index (χ4n) is 3.44. The second-order valence-electron chi connectivity index (χ2n) is 6.81. The molecule has 1 aromatic carbocycles. The molecule has 0 aliphatic heterocycles. The van der Waals surface area contributed by atoms with Crippen molar-refractivity contribution in [3.05, 3.63) is 59.3 Å². The normalized spacial score (nSPS) is 18.4. The first kappa shape index (κ1) is 17.4. The maximum atomic E-state index is 10.9. The van der Waals surface area contributed by atoms with Gasteiger partial charge < -0.3 is 9.84 Å². The number of nitrogens with one attached hydrogen (secondary N) is 1. The Bertz CT molecular complexity index is 1020. The van der Waals surface area contributed by atoms with Crippen molar-refractivity contribution in [2.75, 3.05) is 12.4 Å². The molecule has 2 heterocycles. The lowest BCUT2D eigenvalue weighted by Gasteiger charge is -2.11. The molecule has 1 fully saturated rings.